The number of hydrogen-bond acceptors (Lipinski definition) is 2. The number of anilines is 1. The van der Waals surface area contributed by atoms with Crippen molar-refractivity contribution in [3.63, 3.8) is 0 Å². The number of benzene rings is 1. The number of amides is 1. The maximum absolute atomic E-state index is 11.3. The number of hydrogen-bond donors (Lipinski definition) is 2. The third kappa shape index (κ3) is 1.05. The van der Waals surface area contributed by atoms with Gasteiger partial charge in [-0.05, 0) is 19.0 Å². The molecule has 0 saturated heterocycles. The Kier molecular flexibility index (Phi) is 1.53. The molecule has 1 aliphatic rings. The average Bonchev–Trinajstić information content (AvgIpc) is 2.04. The van der Waals surface area contributed by atoms with Crippen molar-refractivity contribution in [3.8, 4) is 0 Å². The van der Waals surface area contributed by atoms with Gasteiger partial charge >= 0.3 is 6.98 Å². The molecule has 0 fully saturated rings. The van der Waals surface area contributed by atoms with E-state index in [1.807, 2.05) is 31.1 Å². The van der Waals surface area contributed by atoms with Crippen LogP contribution >= 0.6 is 0 Å². The molecule has 1 heterocycles. The molecule has 0 saturated carbocycles. The maximum Gasteiger partial charge on any atom is 0.369 e. The Balaban J connectivity index is 2.47. The topological polar surface area (TPSA) is 41.1 Å². The molecule has 2 rings (SSSR count). The van der Waals surface area contributed by atoms with Crippen LogP contribution in [0.1, 0.15) is 10.4 Å². The van der Waals surface area contributed by atoms with E-state index in [0.29, 0.717) is 0 Å². The minimum atomic E-state index is -0.00292. The molecular weight excluding hydrogens is 151 g/mol. The van der Waals surface area contributed by atoms with Gasteiger partial charge < -0.3 is 10.5 Å². The molecular formula is C8H9BN2O. The van der Waals surface area contributed by atoms with Gasteiger partial charge in [0.25, 0.3) is 0 Å². The van der Waals surface area contributed by atoms with Crippen molar-refractivity contribution in [2.75, 3.05) is 5.23 Å². The number of rotatable bonds is 0. The van der Waals surface area contributed by atoms with Crippen LogP contribution in [0.25, 0.3) is 0 Å². The maximum atomic E-state index is 11.3. The highest BCUT2D eigenvalue weighted by atomic mass is 16.1. The number of fused-ring (bicyclic) bond motifs is 1. The van der Waals surface area contributed by atoms with Gasteiger partial charge in [-0.15, -0.1) is 0 Å². The first-order valence-corrected chi connectivity index (χ1v) is 3.94. The number of nitrogens with one attached hydrogen (secondary N) is 2. The van der Waals surface area contributed by atoms with Crippen LogP contribution < -0.4 is 10.5 Å². The van der Waals surface area contributed by atoms with E-state index in [2.05, 4.69) is 10.5 Å². The number of carbonyl (C=O) groups is 1. The van der Waals surface area contributed by atoms with Crippen LogP contribution in [0.5, 0.6) is 0 Å². The van der Waals surface area contributed by atoms with Crippen LogP contribution in [-0.4, -0.2) is 12.9 Å². The summed E-state index contributed by atoms with van der Waals surface area (Å²) in [4.78, 5) is 11.3. The standard InChI is InChI=1S/C8H9BN2O/c1-9-10-7-5-3-2-4-6(7)8(12)11-9/h2-5,10H,1H3,(H,11,12). The highest BCUT2D eigenvalue weighted by Crippen LogP contribution is 2.17. The van der Waals surface area contributed by atoms with Gasteiger partial charge in [-0.25, -0.2) is 0 Å². The molecule has 12 heavy (non-hydrogen) atoms. The van der Waals surface area contributed by atoms with E-state index in [9.17, 15) is 4.79 Å². The molecule has 0 aromatic heterocycles. The first kappa shape index (κ1) is 7.22. The summed E-state index contributed by atoms with van der Waals surface area (Å²) < 4.78 is 0. The zero-order chi connectivity index (χ0) is 8.55. The molecule has 1 aliphatic heterocycles. The zero-order valence-corrected chi connectivity index (χ0v) is 6.79. The number of para-hydroxylation sites is 1. The highest BCUT2D eigenvalue weighted by Gasteiger charge is 2.22. The summed E-state index contributed by atoms with van der Waals surface area (Å²) in [5, 5.41) is 5.94. The SMILES string of the molecule is CB1NC(=O)c2ccccc2N1. The third-order valence-electron chi connectivity index (χ3n) is 1.89. The molecule has 0 unspecified atom stereocenters. The van der Waals surface area contributed by atoms with Crippen molar-refractivity contribution < 1.29 is 4.79 Å². The Morgan fingerprint density at radius 3 is 2.83 bits per heavy atom. The van der Waals surface area contributed by atoms with Crippen LogP contribution in [0.15, 0.2) is 24.3 Å². The van der Waals surface area contributed by atoms with Crippen LogP contribution in [0, 0.1) is 0 Å². The predicted octanol–water partition coefficient (Wildman–Crippen LogP) is 0.960. The lowest BCUT2D eigenvalue weighted by Crippen LogP contribution is -2.46. The monoisotopic (exact) mass is 160 g/mol. The number of carbonyl (C=O) groups excluding carboxylic acids is 1. The van der Waals surface area contributed by atoms with E-state index in [1.165, 1.54) is 0 Å². The minimum absolute atomic E-state index is 0.00292. The molecule has 1 aromatic rings. The second-order valence-electron chi connectivity index (χ2n) is 2.89. The van der Waals surface area contributed by atoms with Gasteiger partial charge in [0, 0.05) is 5.69 Å². The molecule has 1 aromatic carbocycles. The Morgan fingerprint density at radius 1 is 1.25 bits per heavy atom. The summed E-state index contributed by atoms with van der Waals surface area (Å²) >= 11 is 0. The molecule has 0 atom stereocenters. The zero-order valence-electron chi connectivity index (χ0n) is 6.79. The minimum Gasteiger partial charge on any atom is -0.409 e. The van der Waals surface area contributed by atoms with E-state index in [-0.39, 0.29) is 12.9 Å². The Bertz CT molecular complexity index is 327. The van der Waals surface area contributed by atoms with Crippen molar-refractivity contribution in [1.82, 2.24) is 5.23 Å². The molecule has 1 amide bonds. The van der Waals surface area contributed by atoms with Crippen molar-refractivity contribution in [2.24, 2.45) is 0 Å². The fraction of sp³-hybridized carbons (Fsp3) is 0.125. The Morgan fingerprint density at radius 2 is 2.00 bits per heavy atom. The Labute approximate surface area is 71.3 Å². The molecule has 0 spiro atoms. The molecule has 0 radical (unpaired) electrons. The average molecular weight is 160 g/mol. The fourth-order valence-corrected chi connectivity index (χ4v) is 1.35. The summed E-state index contributed by atoms with van der Waals surface area (Å²) in [6, 6.07) is 7.49. The van der Waals surface area contributed by atoms with Crippen LogP contribution in [0.2, 0.25) is 6.82 Å². The lowest BCUT2D eigenvalue weighted by molar-refractivity contribution is 0.0978. The van der Waals surface area contributed by atoms with Gasteiger partial charge in [-0.2, -0.15) is 0 Å². The second-order valence-corrected chi connectivity index (χ2v) is 2.89. The van der Waals surface area contributed by atoms with E-state index < -0.39 is 0 Å². The Hall–Kier alpha value is -1.45. The van der Waals surface area contributed by atoms with Crippen molar-refractivity contribution >= 4 is 18.6 Å². The first-order chi connectivity index (χ1) is 5.77. The van der Waals surface area contributed by atoms with Crippen molar-refractivity contribution in [2.45, 2.75) is 6.82 Å². The van der Waals surface area contributed by atoms with Gasteiger partial charge in [0.1, 0.15) is 0 Å². The molecule has 0 aliphatic carbocycles. The first-order valence-electron chi connectivity index (χ1n) is 3.94. The quantitative estimate of drug-likeness (QED) is 0.555. The normalized spacial score (nSPS) is 14.8. The summed E-state index contributed by atoms with van der Waals surface area (Å²) in [6.45, 7) is 1.93. The van der Waals surface area contributed by atoms with E-state index in [4.69, 9.17) is 0 Å². The summed E-state index contributed by atoms with van der Waals surface area (Å²) in [7, 11) is 0. The van der Waals surface area contributed by atoms with Crippen LogP contribution in [-0.2, 0) is 0 Å². The van der Waals surface area contributed by atoms with Gasteiger partial charge in [0.05, 0.1) is 5.56 Å². The summed E-state index contributed by atoms with van der Waals surface area (Å²) in [6.07, 6.45) is 0. The lowest BCUT2D eigenvalue weighted by atomic mass is 9.77. The van der Waals surface area contributed by atoms with Gasteiger partial charge in [-0.3, -0.25) is 4.79 Å². The lowest BCUT2D eigenvalue weighted by Gasteiger charge is -2.21. The molecule has 4 heteroatoms. The van der Waals surface area contributed by atoms with E-state index in [1.54, 1.807) is 0 Å². The van der Waals surface area contributed by atoms with Crippen molar-refractivity contribution in [3.05, 3.63) is 29.8 Å². The summed E-state index contributed by atoms with van der Waals surface area (Å²) in [5.74, 6) is -0.00292. The fourth-order valence-electron chi connectivity index (χ4n) is 1.35. The second kappa shape index (κ2) is 2.55. The largest absolute Gasteiger partial charge is 0.409 e. The van der Waals surface area contributed by atoms with Crippen LogP contribution in [0.4, 0.5) is 5.69 Å². The highest BCUT2D eigenvalue weighted by molar-refractivity contribution is 6.63. The molecule has 60 valence electrons. The molecule has 3 nitrogen and oxygen atoms in total. The van der Waals surface area contributed by atoms with Crippen LogP contribution in [0.3, 0.4) is 0 Å². The smallest absolute Gasteiger partial charge is 0.369 e. The van der Waals surface area contributed by atoms with Crippen molar-refractivity contribution in [1.29, 1.82) is 0 Å². The van der Waals surface area contributed by atoms with E-state index >= 15 is 0 Å². The molecule has 0 bridgehead atoms. The van der Waals surface area contributed by atoms with E-state index in [0.717, 1.165) is 11.3 Å². The predicted molar refractivity (Wildman–Crippen MR) is 49.1 cm³/mol. The summed E-state index contributed by atoms with van der Waals surface area (Å²) in [5.41, 5.74) is 1.63. The van der Waals surface area contributed by atoms with Gasteiger partial charge in [0.15, 0.2) is 0 Å². The van der Waals surface area contributed by atoms with Gasteiger partial charge in [-0.1, -0.05) is 12.1 Å². The molecule has 2 N–H and O–H groups in total. The van der Waals surface area contributed by atoms with Gasteiger partial charge in [0.2, 0.25) is 5.91 Å². The third-order valence-corrected chi connectivity index (χ3v) is 1.89.